The van der Waals surface area contributed by atoms with Crippen molar-refractivity contribution in [2.45, 2.75) is 57.4 Å². The van der Waals surface area contributed by atoms with Crippen LogP contribution < -0.4 is 9.80 Å². The van der Waals surface area contributed by atoms with Gasteiger partial charge in [0.25, 0.3) is 5.92 Å². The molecule has 4 atom stereocenters. The van der Waals surface area contributed by atoms with Gasteiger partial charge in [0, 0.05) is 44.1 Å². The Kier molecular flexibility index (Phi) is 4.44. The van der Waals surface area contributed by atoms with Crippen molar-refractivity contribution in [2.75, 3.05) is 36.5 Å². The van der Waals surface area contributed by atoms with E-state index in [1.807, 2.05) is 4.90 Å². The molecule has 4 aliphatic rings. The Balaban J connectivity index is 1.45. The molecule has 0 N–H and O–H groups in total. The molecule has 0 bridgehead atoms. The fraction of sp³-hybridized carbons (Fsp3) is 0.762. The van der Waals surface area contributed by atoms with E-state index in [0.717, 1.165) is 32.5 Å². The molecule has 29 heavy (non-hydrogen) atoms. The lowest BCUT2D eigenvalue weighted by molar-refractivity contribution is -0.141. The lowest BCUT2D eigenvalue weighted by Crippen LogP contribution is -2.47. The molecule has 1 aromatic rings. The Morgan fingerprint density at radius 3 is 2.62 bits per heavy atom. The van der Waals surface area contributed by atoms with Crippen molar-refractivity contribution in [3.05, 3.63) is 11.3 Å². The summed E-state index contributed by atoms with van der Waals surface area (Å²) in [4.78, 5) is 25.0. The lowest BCUT2D eigenvalue weighted by Gasteiger charge is -2.39. The van der Waals surface area contributed by atoms with Gasteiger partial charge in [-0.1, -0.05) is 0 Å². The molecule has 0 amide bonds. The zero-order valence-corrected chi connectivity index (χ0v) is 17.0. The van der Waals surface area contributed by atoms with Gasteiger partial charge in [-0.25, -0.2) is 4.98 Å². The zero-order chi connectivity index (χ0) is 20.3. The third kappa shape index (κ3) is 3.15. The molecule has 1 saturated carbocycles. The Morgan fingerprint density at radius 2 is 2.00 bits per heavy atom. The maximum Gasteiger partial charge on any atom is 0.305 e. The van der Waals surface area contributed by atoms with Gasteiger partial charge in [-0.2, -0.15) is 13.8 Å². The van der Waals surface area contributed by atoms with Crippen LogP contribution in [0, 0.1) is 17.8 Å². The first-order chi connectivity index (χ1) is 13.9. The molecule has 6 nitrogen and oxygen atoms in total. The smallest absolute Gasteiger partial charge is 0.305 e. The fourth-order valence-electron chi connectivity index (χ4n) is 5.36. The number of piperidine rings is 1. The third-order valence-electron chi connectivity index (χ3n) is 7.37. The molecule has 2 aliphatic carbocycles. The number of fused-ring (bicyclic) bond motifs is 2. The van der Waals surface area contributed by atoms with Crippen LogP contribution in [0.15, 0.2) is 0 Å². The second-order valence-corrected chi connectivity index (χ2v) is 9.09. The minimum Gasteiger partial charge on any atom is -0.469 e. The highest BCUT2D eigenvalue weighted by Gasteiger charge is 2.57. The predicted octanol–water partition coefficient (Wildman–Crippen LogP) is 3.14. The molecule has 2 aliphatic heterocycles. The minimum absolute atomic E-state index is 0.0548. The number of methoxy groups -OCH3 is 1. The highest BCUT2D eigenvalue weighted by atomic mass is 19.3. The van der Waals surface area contributed by atoms with Gasteiger partial charge in [-0.3, -0.25) is 4.79 Å². The van der Waals surface area contributed by atoms with E-state index in [0.29, 0.717) is 54.3 Å². The number of carbonyl (C=O) groups is 1. The summed E-state index contributed by atoms with van der Waals surface area (Å²) in [5.41, 5.74) is 0.580. The first-order valence-electron chi connectivity index (χ1n) is 10.8. The molecule has 1 unspecified atom stereocenters. The van der Waals surface area contributed by atoms with Gasteiger partial charge < -0.3 is 14.5 Å². The normalized spacial score (nSPS) is 32.1. The maximum absolute atomic E-state index is 14.9. The van der Waals surface area contributed by atoms with Crippen LogP contribution in [0.25, 0.3) is 0 Å². The number of carbonyl (C=O) groups excluding carboxylic acids is 1. The number of ether oxygens (including phenoxy) is 1. The van der Waals surface area contributed by atoms with Crippen molar-refractivity contribution in [2.24, 2.45) is 17.8 Å². The number of alkyl halides is 2. The monoisotopic (exact) mass is 406 g/mol. The maximum atomic E-state index is 14.9. The number of anilines is 2. The minimum atomic E-state index is -2.90. The molecule has 0 aromatic carbocycles. The van der Waals surface area contributed by atoms with Crippen molar-refractivity contribution < 1.29 is 18.3 Å². The Bertz CT molecular complexity index is 821. The molecule has 1 aromatic heterocycles. The van der Waals surface area contributed by atoms with Gasteiger partial charge in [-0.15, -0.1) is 0 Å². The molecule has 0 radical (unpaired) electrons. The zero-order valence-electron chi connectivity index (χ0n) is 17.0. The van der Waals surface area contributed by atoms with Gasteiger partial charge >= 0.3 is 5.97 Å². The average molecular weight is 406 g/mol. The average Bonchev–Trinajstić information content (AvgIpc) is 3.16. The third-order valence-corrected chi connectivity index (χ3v) is 7.37. The van der Waals surface area contributed by atoms with E-state index < -0.39 is 5.92 Å². The van der Waals surface area contributed by atoms with Crippen LogP contribution in [0.5, 0.6) is 0 Å². The second-order valence-electron chi connectivity index (χ2n) is 9.09. The van der Waals surface area contributed by atoms with Crippen LogP contribution in [-0.4, -0.2) is 48.7 Å². The summed E-state index contributed by atoms with van der Waals surface area (Å²) in [6, 6.07) is 0.289. The van der Waals surface area contributed by atoms with E-state index in [-0.39, 0.29) is 24.1 Å². The van der Waals surface area contributed by atoms with E-state index in [4.69, 9.17) is 9.72 Å². The van der Waals surface area contributed by atoms with Crippen molar-refractivity contribution in [3.8, 4) is 0 Å². The summed E-state index contributed by atoms with van der Waals surface area (Å²) < 4.78 is 34.7. The number of rotatable bonds is 4. The lowest BCUT2D eigenvalue weighted by atomic mass is 10.0. The number of esters is 1. The summed E-state index contributed by atoms with van der Waals surface area (Å²) in [5, 5.41) is 0. The first kappa shape index (κ1) is 19.0. The van der Waals surface area contributed by atoms with Gasteiger partial charge in [0.15, 0.2) is 0 Å². The molecular formula is C21H28F2N4O2. The van der Waals surface area contributed by atoms with Crippen LogP contribution in [0.1, 0.15) is 50.3 Å². The predicted molar refractivity (Wildman–Crippen MR) is 104 cm³/mol. The van der Waals surface area contributed by atoms with E-state index in [1.54, 1.807) is 0 Å². The van der Waals surface area contributed by atoms with Crippen LogP contribution in [0.4, 0.5) is 20.5 Å². The summed E-state index contributed by atoms with van der Waals surface area (Å²) in [5.74, 6) is -0.700. The van der Waals surface area contributed by atoms with E-state index in [9.17, 15) is 13.6 Å². The number of halogens is 2. The van der Waals surface area contributed by atoms with Crippen molar-refractivity contribution in [1.29, 1.82) is 0 Å². The molecule has 2 saturated heterocycles. The van der Waals surface area contributed by atoms with E-state index in [1.165, 1.54) is 7.11 Å². The highest BCUT2D eigenvalue weighted by Crippen LogP contribution is 2.55. The van der Waals surface area contributed by atoms with Gasteiger partial charge in [0.05, 0.1) is 7.11 Å². The molecule has 3 fully saturated rings. The summed E-state index contributed by atoms with van der Waals surface area (Å²) in [6.45, 7) is 4.45. The van der Waals surface area contributed by atoms with E-state index >= 15 is 0 Å². The van der Waals surface area contributed by atoms with Crippen molar-refractivity contribution in [1.82, 2.24) is 9.97 Å². The number of hydrogen-bond donors (Lipinski definition) is 0. The standard InChI is InChI=1S/C21H28F2N4O2/c1-12-6-8-27(12)20-24-18-13(5-3-4-7-21(18,22)23)19(25-20)26-10-15-14(16(15)11-26)9-17(28)29-2/h12,14-16H,3-11H2,1-2H3/t12-,14?,15-,16+/m0/s1. The number of hydrogen-bond acceptors (Lipinski definition) is 6. The van der Waals surface area contributed by atoms with Crippen molar-refractivity contribution >= 4 is 17.7 Å². The molecule has 158 valence electrons. The molecule has 5 rings (SSSR count). The topological polar surface area (TPSA) is 58.6 Å². The number of nitrogens with zero attached hydrogens (tertiary/aromatic N) is 4. The molecule has 8 heteroatoms. The molecular weight excluding hydrogens is 378 g/mol. The van der Waals surface area contributed by atoms with Crippen LogP contribution in [0.2, 0.25) is 0 Å². The van der Waals surface area contributed by atoms with Crippen LogP contribution in [-0.2, 0) is 21.9 Å². The van der Waals surface area contributed by atoms with Crippen molar-refractivity contribution in [3.63, 3.8) is 0 Å². The molecule has 3 heterocycles. The second kappa shape index (κ2) is 6.77. The largest absolute Gasteiger partial charge is 0.469 e. The molecule has 0 spiro atoms. The van der Waals surface area contributed by atoms with Gasteiger partial charge in [0.2, 0.25) is 5.95 Å². The summed E-state index contributed by atoms with van der Waals surface area (Å²) >= 11 is 0. The Hall–Kier alpha value is -1.99. The summed E-state index contributed by atoms with van der Waals surface area (Å²) in [6.07, 6.45) is 3.20. The summed E-state index contributed by atoms with van der Waals surface area (Å²) in [7, 11) is 1.42. The number of aromatic nitrogens is 2. The highest BCUT2D eigenvalue weighted by molar-refractivity contribution is 5.70. The first-order valence-corrected chi connectivity index (χ1v) is 10.8. The van der Waals surface area contributed by atoms with Crippen LogP contribution in [0.3, 0.4) is 0 Å². The van der Waals surface area contributed by atoms with Crippen LogP contribution >= 0.6 is 0 Å². The van der Waals surface area contributed by atoms with E-state index in [2.05, 4.69) is 16.8 Å². The quantitative estimate of drug-likeness (QED) is 0.566. The fourth-order valence-corrected chi connectivity index (χ4v) is 5.36. The van der Waals surface area contributed by atoms with Gasteiger partial charge in [0.1, 0.15) is 11.5 Å². The SMILES string of the molecule is COC(=O)CC1[C@H]2CN(c3nc(N4CC[C@@H]4C)nc4c3CCCCC4(F)F)C[C@@H]12. The Labute approximate surface area is 169 Å². The van der Waals surface area contributed by atoms with Gasteiger partial charge in [-0.05, 0) is 50.4 Å². The Morgan fingerprint density at radius 1 is 1.24 bits per heavy atom.